The number of rotatable bonds is 1. The van der Waals surface area contributed by atoms with Crippen LogP contribution in [0.1, 0.15) is 22.9 Å². The maximum absolute atomic E-state index is 9.58. The highest BCUT2D eigenvalue weighted by Crippen LogP contribution is 2.44. The molecule has 4 rings (SSSR count). The van der Waals surface area contributed by atoms with Crippen LogP contribution >= 0.6 is 0 Å². The summed E-state index contributed by atoms with van der Waals surface area (Å²) in [5.41, 5.74) is 3.36. The molecule has 0 saturated heterocycles. The maximum atomic E-state index is 9.58. The number of hydrogen-bond donors (Lipinski definition) is 1. The van der Waals surface area contributed by atoms with Gasteiger partial charge in [0.1, 0.15) is 11.7 Å². The van der Waals surface area contributed by atoms with E-state index in [0.29, 0.717) is 11.4 Å². The van der Waals surface area contributed by atoms with E-state index in [0.717, 1.165) is 22.2 Å². The number of ether oxygens (including phenoxy) is 1. The van der Waals surface area contributed by atoms with Crippen molar-refractivity contribution in [2.24, 2.45) is 13.0 Å². The highest BCUT2D eigenvalue weighted by molar-refractivity contribution is 5.94. The first kappa shape index (κ1) is 14.4. The normalized spacial score (nSPS) is 19.6. The number of nitriles is 1. The van der Waals surface area contributed by atoms with E-state index in [9.17, 15) is 5.26 Å². The minimum Gasteiger partial charge on any atom is -0.441 e. The molecule has 0 saturated carbocycles. The van der Waals surface area contributed by atoms with Crippen molar-refractivity contribution in [1.82, 2.24) is 14.5 Å². The molecule has 118 valence electrons. The molecule has 1 aliphatic rings. The average molecular weight is 317 g/mol. The molecule has 3 heterocycles. The molecule has 1 aliphatic heterocycles. The lowest BCUT2D eigenvalue weighted by Gasteiger charge is -2.30. The Morgan fingerprint density at radius 1 is 1.29 bits per heavy atom. The van der Waals surface area contributed by atoms with E-state index in [1.807, 2.05) is 42.9 Å². The molecule has 6 nitrogen and oxygen atoms in total. The lowest BCUT2D eigenvalue weighted by molar-refractivity contribution is 0.451. The molecule has 6 heteroatoms. The molecular formula is C18H15N5O. The van der Waals surface area contributed by atoms with E-state index in [-0.39, 0.29) is 11.8 Å². The van der Waals surface area contributed by atoms with Crippen molar-refractivity contribution >= 4 is 16.8 Å². The van der Waals surface area contributed by atoms with E-state index in [1.54, 1.807) is 12.4 Å². The zero-order valence-corrected chi connectivity index (χ0v) is 13.3. The summed E-state index contributed by atoms with van der Waals surface area (Å²) in [6.45, 7) is 1.86. The Balaban J connectivity index is 2.00. The minimum atomic E-state index is -0.713. The third-order valence-electron chi connectivity index (χ3n) is 4.44. The third-order valence-corrected chi connectivity index (χ3v) is 4.44. The van der Waals surface area contributed by atoms with Gasteiger partial charge in [-0.05, 0) is 19.1 Å². The van der Waals surface area contributed by atoms with Crippen molar-refractivity contribution in [2.45, 2.75) is 12.8 Å². The highest BCUT2D eigenvalue weighted by Gasteiger charge is 2.38. The monoisotopic (exact) mass is 317 g/mol. The number of nitrogens with zero attached hydrogens (tertiary/aromatic N) is 4. The van der Waals surface area contributed by atoms with Gasteiger partial charge in [0.25, 0.3) is 0 Å². The summed E-state index contributed by atoms with van der Waals surface area (Å²) in [7, 11) is 1.96. The number of fused-ring (bicyclic) bond motifs is 3. The van der Waals surface area contributed by atoms with E-state index in [2.05, 4.69) is 16.0 Å². The number of aromatic nitrogens is 3. The van der Waals surface area contributed by atoms with Crippen molar-refractivity contribution in [3.05, 3.63) is 53.7 Å². The van der Waals surface area contributed by atoms with E-state index < -0.39 is 5.92 Å². The Morgan fingerprint density at radius 2 is 2.12 bits per heavy atom. The molecule has 0 spiro atoms. The van der Waals surface area contributed by atoms with Crippen LogP contribution in [0.4, 0.5) is 0 Å². The maximum Gasteiger partial charge on any atom is 0.205 e. The topological polar surface area (TPSA) is 87.6 Å². The summed E-state index contributed by atoms with van der Waals surface area (Å²) in [4.78, 5) is 8.75. The number of nitrogens with one attached hydrogen (secondary N) is 1. The molecule has 3 aromatic rings. The molecule has 1 N–H and O–H groups in total. The Bertz CT molecular complexity index is 1010. The standard InChI is InChI=1S/C18H15N5O/c1-10-8-21-9-14(22-10)16-12-3-4-15-11(5-6-23(15)2)17(12)24-18(20)13(16)7-19/h3-6,8-9,13,16,20H,1-2H3. The molecule has 0 bridgehead atoms. The van der Waals surface area contributed by atoms with Gasteiger partial charge in [0.05, 0.1) is 28.9 Å². The smallest absolute Gasteiger partial charge is 0.205 e. The quantitative estimate of drug-likeness (QED) is 0.747. The second-order valence-electron chi connectivity index (χ2n) is 5.98. The first-order chi connectivity index (χ1) is 11.6. The van der Waals surface area contributed by atoms with Gasteiger partial charge >= 0.3 is 0 Å². The van der Waals surface area contributed by atoms with Crippen molar-refractivity contribution in [2.75, 3.05) is 0 Å². The van der Waals surface area contributed by atoms with Crippen LogP contribution in [0.15, 0.2) is 36.8 Å². The van der Waals surface area contributed by atoms with Crippen LogP contribution in [-0.4, -0.2) is 20.4 Å². The number of hydrogen-bond acceptors (Lipinski definition) is 5. The molecule has 0 fully saturated rings. The van der Waals surface area contributed by atoms with Crippen LogP contribution in [-0.2, 0) is 7.05 Å². The lowest BCUT2D eigenvalue weighted by atomic mass is 9.81. The summed E-state index contributed by atoms with van der Waals surface area (Å²) < 4.78 is 7.74. The van der Waals surface area contributed by atoms with Crippen molar-refractivity contribution in [1.29, 1.82) is 10.7 Å². The van der Waals surface area contributed by atoms with Gasteiger partial charge in [-0.1, -0.05) is 6.07 Å². The SMILES string of the molecule is Cc1cncc(C2c3ccc4c(ccn4C)c3OC(=N)C2C#N)n1. The Labute approximate surface area is 138 Å². The second-order valence-corrected chi connectivity index (χ2v) is 5.98. The summed E-state index contributed by atoms with van der Waals surface area (Å²) in [6.07, 6.45) is 5.30. The third kappa shape index (κ3) is 1.98. The second kappa shape index (κ2) is 5.17. The van der Waals surface area contributed by atoms with Crippen molar-refractivity contribution in [3.63, 3.8) is 0 Å². The fourth-order valence-corrected chi connectivity index (χ4v) is 3.30. The summed E-state index contributed by atoms with van der Waals surface area (Å²) in [6, 6.07) is 8.13. The van der Waals surface area contributed by atoms with Crippen molar-refractivity contribution < 1.29 is 4.74 Å². The first-order valence-corrected chi connectivity index (χ1v) is 7.62. The molecule has 1 aromatic carbocycles. The van der Waals surface area contributed by atoms with Gasteiger partial charge in [-0.15, -0.1) is 0 Å². The van der Waals surface area contributed by atoms with Gasteiger partial charge in [0.15, 0.2) is 0 Å². The number of aryl methyl sites for hydroxylation is 2. The molecule has 2 aromatic heterocycles. The van der Waals surface area contributed by atoms with Gasteiger partial charge in [0, 0.05) is 36.6 Å². The van der Waals surface area contributed by atoms with Gasteiger partial charge in [-0.25, -0.2) is 0 Å². The van der Waals surface area contributed by atoms with Gasteiger partial charge < -0.3 is 9.30 Å². The summed E-state index contributed by atoms with van der Waals surface area (Å²) >= 11 is 0. The molecule has 0 radical (unpaired) electrons. The largest absolute Gasteiger partial charge is 0.441 e. The van der Waals surface area contributed by atoms with Crippen LogP contribution < -0.4 is 4.74 Å². The lowest BCUT2D eigenvalue weighted by Crippen LogP contribution is -2.31. The minimum absolute atomic E-state index is 0.0466. The van der Waals surface area contributed by atoms with E-state index in [1.165, 1.54) is 0 Å². The van der Waals surface area contributed by atoms with Crippen LogP contribution in [0.5, 0.6) is 5.75 Å². The summed E-state index contributed by atoms with van der Waals surface area (Å²) in [5.74, 6) is -0.481. The van der Waals surface area contributed by atoms with Crippen LogP contribution in [0.3, 0.4) is 0 Å². The average Bonchev–Trinajstić information content (AvgIpc) is 2.95. The van der Waals surface area contributed by atoms with E-state index in [4.69, 9.17) is 10.1 Å². The zero-order valence-electron chi connectivity index (χ0n) is 13.3. The van der Waals surface area contributed by atoms with Gasteiger partial charge in [-0.3, -0.25) is 15.4 Å². The molecule has 2 atom stereocenters. The van der Waals surface area contributed by atoms with E-state index >= 15 is 0 Å². The zero-order chi connectivity index (χ0) is 16.8. The highest BCUT2D eigenvalue weighted by atomic mass is 16.5. The van der Waals surface area contributed by atoms with Crippen LogP contribution in [0.2, 0.25) is 0 Å². The van der Waals surface area contributed by atoms with Crippen LogP contribution in [0.25, 0.3) is 10.9 Å². The predicted molar refractivity (Wildman–Crippen MR) is 89.0 cm³/mol. The van der Waals surface area contributed by atoms with Crippen molar-refractivity contribution in [3.8, 4) is 11.8 Å². The predicted octanol–water partition coefficient (Wildman–Crippen LogP) is 2.92. The molecule has 24 heavy (non-hydrogen) atoms. The fraction of sp³-hybridized carbons (Fsp3) is 0.222. The first-order valence-electron chi connectivity index (χ1n) is 7.62. The fourth-order valence-electron chi connectivity index (χ4n) is 3.30. The van der Waals surface area contributed by atoms with Gasteiger partial charge in [0.2, 0.25) is 5.90 Å². The Hall–Kier alpha value is -3.20. The Kier molecular flexibility index (Phi) is 3.10. The van der Waals surface area contributed by atoms with Crippen LogP contribution in [0, 0.1) is 29.6 Å². The number of benzene rings is 1. The Morgan fingerprint density at radius 3 is 2.88 bits per heavy atom. The molecule has 0 aliphatic carbocycles. The molecule has 0 amide bonds. The summed E-state index contributed by atoms with van der Waals surface area (Å²) in [5, 5.41) is 18.7. The van der Waals surface area contributed by atoms with Gasteiger partial charge in [-0.2, -0.15) is 5.26 Å². The molecule has 2 unspecified atom stereocenters. The molecular weight excluding hydrogens is 302 g/mol.